The molecule has 1 unspecified atom stereocenters. The van der Waals surface area contributed by atoms with Crippen LogP contribution in [0.1, 0.15) is 32.0 Å². The largest absolute Gasteiger partial charge is 0.406 e. The van der Waals surface area contributed by atoms with Crippen molar-refractivity contribution in [3.63, 3.8) is 0 Å². The Kier molecular flexibility index (Phi) is 5.40. The number of aromatic nitrogens is 2. The van der Waals surface area contributed by atoms with Crippen molar-refractivity contribution in [1.29, 1.82) is 0 Å². The van der Waals surface area contributed by atoms with Gasteiger partial charge in [0.15, 0.2) is 0 Å². The molecular formula is C11H19ClN4O2. The number of carbonyl (C=O) groups is 1. The van der Waals surface area contributed by atoms with Crippen LogP contribution in [0.3, 0.4) is 0 Å². The third-order valence-corrected chi connectivity index (χ3v) is 2.77. The van der Waals surface area contributed by atoms with Crippen molar-refractivity contribution in [3.8, 4) is 0 Å². The standard InChI is InChI=1S/C11H19ClN4O2/c1-5-16(6-2)9(17)7-15(4)11-14-13-10(18-11)8(3)12/h8H,5-7H2,1-4H3. The van der Waals surface area contributed by atoms with Crippen LogP contribution >= 0.6 is 11.6 Å². The van der Waals surface area contributed by atoms with E-state index in [1.54, 1.807) is 23.8 Å². The molecule has 0 fully saturated rings. The van der Waals surface area contributed by atoms with E-state index in [2.05, 4.69) is 10.2 Å². The summed E-state index contributed by atoms with van der Waals surface area (Å²) in [6.07, 6.45) is 0. The summed E-state index contributed by atoms with van der Waals surface area (Å²) in [5.41, 5.74) is 0. The van der Waals surface area contributed by atoms with Crippen molar-refractivity contribution in [1.82, 2.24) is 15.1 Å². The fourth-order valence-corrected chi connectivity index (χ4v) is 1.58. The van der Waals surface area contributed by atoms with Crippen molar-refractivity contribution in [3.05, 3.63) is 5.89 Å². The molecule has 0 saturated carbocycles. The summed E-state index contributed by atoms with van der Waals surface area (Å²) in [4.78, 5) is 15.3. The summed E-state index contributed by atoms with van der Waals surface area (Å²) in [7, 11) is 1.73. The first kappa shape index (κ1) is 14.8. The summed E-state index contributed by atoms with van der Waals surface area (Å²) >= 11 is 5.83. The maximum atomic E-state index is 11.9. The van der Waals surface area contributed by atoms with E-state index in [9.17, 15) is 4.79 Å². The van der Waals surface area contributed by atoms with Crippen LogP contribution < -0.4 is 4.90 Å². The highest BCUT2D eigenvalue weighted by atomic mass is 35.5. The third kappa shape index (κ3) is 3.60. The number of likely N-dealkylation sites (N-methyl/N-ethyl adjacent to an activating group) is 2. The lowest BCUT2D eigenvalue weighted by atomic mass is 10.4. The fraction of sp³-hybridized carbons (Fsp3) is 0.727. The SMILES string of the molecule is CCN(CC)C(=O)CN(C)c1nnc(C(C)Cl)o1. The molecule has 0 aliphatic carbocycles. The molecule has 18 heavy (non-hydrogen) atoms. The zero-order valence-electron chi connectivity index (χ0n) is 11.2. The first-order valence-corrected chi connectivity index (χ1v) is 6.39. The molecule has 0 aliphatic heterocycles. The molecule has 7 heteroatoms. The normalized spacial score (nSPS) is 12.3. The van der Waals surface area contributed by atoms with Gasteiger partial charge in [-0.2, -0.15) is 0 Å². The fourth-order valence-electron chi connectivity index (χ4n) is 1.49. The lowest BCUT2D eigenvalue weighted by Crippen LogP contribution is -2.38. The van der Waals surface area contributed by atoms with Gasteiger partial charge in [0.2, 0.25) is 11.8 Å². The van der Waals surface area contributed by atoms with Crippen molar-refractivity contribution in [2.24, 2.45) is 0 Å². The summed E-state index contributed by atoms with van der Waals surface area (Å²) in [5.74, 6) is 0.384. The van der Waals surface area contributed by atoms with Crippen LogP contribution in [-0.4, -0.2) is 47.7 Å². The number of rotatable bonds is 6. The second kappa shape index (κ2) is 6.58. The van der Waals surface area contributed by atoms with Gasteiger partial charge in [-0.05, 0) is 20.8 Å². The van der Waals surface area contributed by atoms with Crippen LogP contribution in [0.5, 0.6) is 0 Å². The average Bonchev–Trinajstić information content (AvgIpc) is 2.79. The van der Waals surface area contributed by atoms with E-state index in [1.165, 1.54) is 0 Å². The van der Waals surface area contributed by atoms with Crippen LogP contribution in [-0.2, 0) is 4.79 Å². The second-order valence-electron chi connectivity index (χ2n) is 3.96. The molecule has 6 nitrogen and oxygen atoms in total. The molecule has 0 radical (unpaired) electrons. The molecule has 0 aliphatic rings. The van der Waals surface area contributed by atoms with Gasteiger partial charge in [0, 0.05) is 20.1 Å². The van der Waals surface area contributed by atoms with Gasteiger partial charge in [-0.1, -0.05) is 5.10 Å². The maximum absolute atomic E-state index is 11.9. The molecule has 1 aromatic rings. The van der Waals surface area contributed by atoms with Crippen LogP contribution in [0.25, 0.3) is 0 Å². The Bertz CT molecular complexity index is 390. The predicted octanol–water partition coefficient (Wildman–Crippen LogP) is 1.67. The van der Waals surface area contributed by atoms with E-state index in [-0.39, 0.29) is 17.8 Å². The van der Waals surface area contributed by atoms with Crippen molar-refractivity contribution >= 4 is 23.5 Å². The van der Waals surface area contributed by atoms with Gasteiger partial charge in [-0.15, -0.1) is 16.7 Å². The van der Waals surface area contributed by atoms with Gasteiger partial charge >= 0.3 is 6.01 Å². The second-order valence-corrected chi connectivity index (χ2v) is 4.62. The van der Waals surface area contributed by atoms with Crippen LogP contribution in [0, 0.1) is 0 Å². The number of amides is 1. The highest BCUT2D eigenvalue weighted by Crippen LogP contribution is 2.20. The topological polar surface area (TPSA) is 62.5 Å². The number of anilines is 1. The molecule has 1 amide bonds. The number of hydrogen-bond acceptors (Lipinski definition) is 5. The molecule has 1 heterocycles. The van der Waals surface area contributed by atoms with E-state index in [0.29, 0.717) is 25.0 Å². The minimum Gasteiger partial charge on any atom is -0.406 e. The molecule has 102 valence electrons. The summed E-state index contributed by atoms with van der Waals surface area (Å²) in [6, 6.07) is 0.304. The van der Waals surface area contributed by atoms with E-state index in [1.807, 2.05) is 13.8 Å². The van der Waals surface area contributed by atoms with Crippen molar-refractivity contribution in [2.75, 3.05) is 31.6 Å². The van der Waals surface area contributed by atoms with Crippen molar-refractivity contribution < 1.29 is 9.21 Å². The Hall–Kier alpha value is -1.30. The molecule has 1 atom stereocenters. The van der Waals surface area contributed by atoms with Gasteiger partial charge < -0.3 is 14.2 Å². The first-order chi connectivity index (χ1) is 8.49. The predicted molar refractivity (Wildman–Crippen MR) is 69.8 cm³/mol. The van der Waals surface area contributed by atoms with E-state index >= 15 is 0 Å². The van der Waals surface area contributed by atoms with Crippen LogP contribution in [0.15, 0.2) is 4.42 Å². The third-order valence-electron chi connectivity index (χ3n) is 2.59. The quantitative estimate of drug-likeness (QED) is 0.739. The van der Waals surface area contributed by atoms with Crippen molar-refractivity contribution in [2.45, 2.75) is 26.1 Å². The number of alkyl halides is 1. The van der Waals surface area contributed by atoms with Crippen LogP contribution in [0.2, 0.25) is 0 Å². The molecule has 1 aromatic heterocycles. The minimum atomic E-state index is -0.335. The molecule has 0 spiro atoms. The molecule has 0 N–H and O–H groups in total. The van der Waals surface area contributed by atoms with Gasteiger partial charge in [0.1, 0.15) is 11.9 Å². The van der Waals surface area contributed by atoms with E-state index in [4.69, 9.17) is 16.0 Å². The lowest BCUT2D eigenvalue weighted by molar-refractivity contribution is -0.129. The average molecular weight is 275 g/mol. The zero-order chi connectivity index (χ0) is 13.7. The van der Waals surface area contributed by atoms with Gasteiger partial charge in [0.05, 0.1) is 0 Å². The number of halogens is 1. The van der Waals surface area contributed by atoms with Gasteiger partial charge in [-0.25, -0.2) is 0 Å². The smallest absolute Gasteiger partial charge is 0.318 e. The number of nitrogens with zero attached hydrogens (tertiary/aromatic N) is 4. The summed E-state index contributed by atoms with van der Waals surface area (Å²) in [5, 5.41) is 7.33. The molecule has 1 rings (SSSR count). The minimum absolute atomic E-state index is 0.0289. The Morgan fingerprint density at radius 1 is 1.39 bits per heavy atom. The lowest BCUT2D eigenvalue weighted by Gasteiger charge is -2.21. The summed E-state index contributed by atoms with van der Waals surface area (Å²) < 4.78 is 5.36. The highest BCUT2D eigenvalue weighted by molar-refractivity contribution is 6.20. The molecule has 0 bridgehead atoms. The zero-order valence-corrected chi connectivity index (χ0v) is 11.9. The van der Waals surface area contributed by atoms with E-state index < -0.39 is 0 Å². The van der Waals surface area contributed by atoms with Crippen LogP contribution in [0.4, 0.5) is 6.01 Å². The van der Waals surface area contributed by atoms with E-state index in [0.717, 1.165) is 0 Å². The Balaban J connectivity index is 2.64. The highest BCUT2D eigenvalue weighted by Gasteiger charge is 2.18. The van der Waals surface area contributed by atoms with Gasteiger partial charge in [-0.3, -0.25) is 4.79 Å². The van der Waals surface area contributed by atoms with Gasteiger partial charge in [0.25, 0.3) is 0 Å². The number of hydrogen-bond donors (Lipinski definition) is 0. The Morgan fingerprint density at radius 3 is 2.44 bits per heavy atom. The monoisotopic (exact) mass is 274 g/mol. The summed E-state index contributed by atoms with van der Waals surface area (Å²) in [6.45, 7) is 7.23. The molecule has 0 aromatic carbocycles. The Labute approximate surface area is 112 Å². The maximum Gasteiger partial charge on any atom is 0.318 e. The number of carbonyl (C=O) groups excluding carboxylic acids is 1. The Morgan fingerprint density at radius 2 is 2.00 bits per heavy atom. The molecular weight excluding hydrogens is 256 g/mol. The molecule has 0 saturated heterocycles. The first-order valence-electron chi connectivity index (χ1n) is 5.95.